The number of amides is 2. The fraction of sp³-hybridized carbons (Fsp3) is 0.348. The highest BCUT2D eigenvalue weighted by Gasteiger charge is 2.09. The maximum absolute atomic E-state index is 12.4. The third-order valence-electron chi connectivity index (χ3n) is 4.58. The summed E-state index contributed by atoms with van der Waals surface area (Å²) in [5, 5.41) is 7.23. The van der Waals surface area contributed by atoms with Gasteiger partial charge in [-0.15, -0.1) is 0 Å². The molecule has 2 N–H and O–H groups in total. The maximum atomic E-state index is 12.4. The van der Waals surface area contributed by atoms with Gasteiger partial charge in [0.1, 0.15) is 5.75 Å². The van der Waals surface area contributed by atoms with E-state index in [1.165, 1.54) is 0 Å². The number of nitrogens with one attached hydrogen (secondary N) is 2. The zero-order valence-corrected chi connectivity index (χ0v) is 18.7. The number of likely N-dealkylation sites (N-methyl/N-ethyl adjacent to an activating group) is 1. The molecule has 30 heavy (non-hydrogen) atoms. The van der Waals surface area contributed by atoms with Gasteiger partial charge in [-0.3, -0.25) is 0 Å². The molecular formula is C23H29ClN4O2. The van der Waals surface area contributed by atoms with E-state index in [-0.39, 0.29) is 6.03 Å². The summed E-state index contributed by atoms with van der Waals surface area (Å²) in [6.45, 7) is 6.62. The molecule has 2 amide bonds. The van der Waals surface area contributed by atoms with Crippen molar-refractivity contribution in [3.63, 3.8) is 0 Å². The predicted octanol–water partition coefficient (Wildman–Crippen LogP) is 5.54. The average Bonchev–Trinajstić information content (AvgIpc) is 3.07. The third kappa shape index (κ3) is 5.90. The van der Waals surface area contributed by atoms with Gasteiger partial charge in [0.2, 0.25) is 0 Å². The molecule has 0 aliphatic heterocycles. The molecule has 2 aromatic carbocycles. The summed E-state index contributed by atoms with van der Waals surface area (Å²) in [4.78, 5) is 14.6. The minimum Gasteiger partial charge on any atom is -0.492 e. The van der Waals surface area contributed by atoms with Crippen LogP contribution in [-0.4, -0.2) is 42.7 Å². The number of nitrogens with zero attached hydrogens (tertiary/aromatic N) is 2. The minimum absolute atomic E-state index is 0.326. The summed E-state index contributed by atoms with van der Waals surface area (Å²) in [7, 11) is 4.12. The molecule has 3 aromatic rings. The van der Waals surface area contributed by atoms with E-state index in [1.807, 2.05) is 18.2 Å². The smallest absolute Gasteiger partial charge is 0.323 e. The van der Waals surface area contributed by atoms with Crippen molar-refractivity contribution >= 4 is 39.9 Å². The number of aromatic nitrogens is 1. The minimum atomic E-state index is -0.326. The van der Waals surface area contributed by atoms with E-state index >= 15 is 0 Å². The highest BCUT2D eigenvalue weighted by atomic mass is 35.5. The number of hydrogen-bond acceptors (Lipinski definition) is 3. The molecule has 0 saturated carbocycles. The molecule has 0 saturated heterocycles. The van der Waals surface area contributed by atoms with Crippen LogP contribution >= 0.6 is 11.6 Å². The zero-order valence-electron chi connectivity index (χ0n) is 17.9. The quantitative estimate of drug-likeness (QED) is 0.495. The van der Waals surface area contributed by atoms with Crippen LogP contribution in [0.15, 0.2) is 48.7 Å². The molecule has 6 nitrogen and oxygen atoms in total. The largest absolute Gasteiger partial charge is 0.492 e. The number of fused-ring (bicyclic) bond motifs is 1. The Hall–Kier alpha value is -2.70. The Kier molecular flexibility index (Phi) is 7.24. The summed E-state index contributed by atoms with van der Waals surface area (Å²) in [6, 6.07) is 12.9. The van der Waals surface area contributed by atoms with E-state index < -0.39 is 0 Å². The van der Waals surface area contributed by atoms with E-state index in [1.54, 1.807) is 18.2 Å². The van der Waals surface area contributed by atoms with Gasteiger partial charge in [-0.05, 0) is 62.5 Å². The van der Waals surface area contributed by atoms with Crippen LogP contribution in [-0.2, 0) is 6.54 Å². The fourth-order valence-electron chi connectivity index (χ4n) is 3.03. The number of hydrogen-bond donors (Lipinski definition) is 2. The van der Waals surface area contributed by atoms with E-state index in [4.69, 9.17) is 16.3 Å². The number of ether oxygens (including phenoxy) is 1. The van der Waals surface area contributed by atoms with Gasteiger partial charge in [0, 0.05) is 41.6 Å². The van der Waals surface area contributed by atoms with Crippen molar-refractivity contribution in [2.75, 3.05) is 37.9 Å². The zero-order chi connectivity index (χ0) is 21.7. The van der Waals surface area contributed by atoms with Gasteiger partial charge in [-0.1, -0.05) is 25.4 Å². The number of halogens is 1. The molecule has 1 aromatic heterocycles. The maximum Gasteiger partial charge on any atom is 0.323 e. The van der Waals surface area contributed by atoms with Crippen molar-refractivity contribution in [2.24, 2.45) is 5.92 Å². The Balaban J connectivity index is 1.62. The molecule has 1 heterocycles. The topological polar surface area (TPSA) is 58.5 Å². The van der Waals surface area contributed by atoms with Gasteiger partial charge in [-0.25, -0.2) is 4.79 Å². The first-order valence-corrected chi connectivity index (χ1v) is 10.4. The predicted molar refractivity (Wildman–Crippen MR) is 125 cm³/mol. The van der Waals surface area contributed by atoms with Gasteiger partial charge < -0.3 is 24.8 Å². The van der Waals surface area contributed by atoms with E-state index in [2.05, 4.69) is 60.3 Å². The van der Waals surface area contributed by atoms with Gasteiger partial charge in [-0.2, -0.15) is 0 Å². The monoisotopic (exact) mass is 428 g/mol. The first-order chi connectivity index (χ1) is 14.3. The second kappa shape index (κ2) is 9.87. The van der Waals surface area contributed by atoms with Crippen molar-refractivity contribution in [1.82, 2.24) is 9.47 Å². The normalized spacial score (nSPS) is 11.3. The van der Waals surface area contributed by atoms with Gasteiger partial charge in [0.05, 0.1) is 11.6 Å². The van der Waals surface area contributed by atoms with Crippen LogP contribution in [0.5, 0.6) is 5.75 Å². The number of carbonyl (C=O) groups excluding carboxylic acids is 1. The van der Waals surface area contributed by atoms with Crippen LogP contribution in [0.4, 0.5) is 16.2 Å². The third-order valence-corrected chi connectivity index (χ3v) is 4.87. The van der Waals surface area contributed by atoms with Crippen LogP contribution < -0.4 is 15.4 Å². The molecule has 0 spiro atoms. The SMILES string of the molecule is CC(C)COc1ccc(NC(=O)Nc2ccc3c(ccn3CCN(C)C)c2)cc1Cl. The molecular weight excluding hydrogens is 400 g/mol. The van der Waals surface area contributed by atoms with Crippen molar-refractivity contribution < 1.29 is 9.53 Å². The Bertz CT molecular complexity index is 1010. The first kappa shape index (κ1) is 22.0. The Morgan fingerprint density at radius 2 is 1.80 bits per heavy atom. The number of anilines is 2. The molecule has 0 unspecified atom stereocenters. The summed E-state index contributed by atoms with van der Waals surface area (Å²) < 4.78 is 7.87. The van der Waals surface area contributed by atoms with Crippen LogP contribution in [0, 0.1) is 5.92 Å². The molecule has 160 valence electrons. The summed E-state index contributed by atoms with van der Waals surface area (Å²) >= 11 is 6.27. The Labute approximate surface area is 182 Å². The fourth-order valence-corrected chi connectivity index (χ4v) is 3.26. The van der Waals surface area contributed by atoms with E-state index in [0.717, 1.165) is 29.7 Å². The molecule has 7 heteroatoms. The molecule has 0 aliphatic carbocycles. The first-order valence-electron chi connectivity index (χ1n) is 10.1. The van der Waals surface area contributed by atoms with Crippen LogP contribution in [0.3, 0.4) is 0 Å². The van der Waals surface area contributed by atoms with Gasteiger partial charge >= 0.3 is 6.03 Å². The van der Waals surface area contributed by atoms with Crippen LogP contribution in [0.1, 0.15) is 13.8 Å². The lowest BCUT2D eigenvalue weighted by Crippen LogP contribution is -2.19. The highest BCUT2D eigenvalue weighted by Crippen LogP contribution is 2.28. The molecule has 0 aliphatic rings. The van der Waals surface area contributed by atoms with Crippen molar-refractivity contribution in [3.05, 3.63) is 53.7 Å². The molecule has 0 fully saturated rings. The standard InChI is InChI=1S/C23H29ClN4O2/c1-16(2)15-30-22-8-6-19(14-20(22)24)26-23(29)25-18-5-7-21-17(13-18)9-10-28(21)12-11-27(3)4/h5-10,13-14,16H,11-12,15H2,1-4H3,(H2,25,26,29). The van der Waals surface area contributed by atoms with Gasteiger partial charge in [0.25, 0.3) is 0 Å². The van der Waals surface area contributed by atoms with Gasteiger partial charge in [0.15, 0.2) is 0 Å². The van der Waals surface area contributed by atoms with E-state index in [0.29, 0.717) is 29.0 Å². The lowest BCUT2D eigenvalue weighted by Gasteiger charge is -2.13. The lowest BCUT2D eigenvalue weighted by molar-refractivity contribution is 0.262. The lowest BCUT2D eigenvalue weighted by atomic mass is 10.2. The van der Waals surface area contributed by atoms with E-state index in [9.17, 15) is 4.79 Å². The van der Waals surface area contributed by atoms with Crippen LogP contribution in [0.25, 0.3) is 10.9 Å². The summed E-state index contributed by atoms with van der Waals surface area (Å²) in [5.41, 5.74) is 2.48. The van der Waals surface area contributed by atoms with Crippen molar-refractivity contribution in [3.8, 4) is 5.75 Å². The number of rotatable bonds is 8. The number of benzene rings is 2. The van der Waals surface area contributed by atoms with Crippen molar-refractivity contribution in [1.29, 1.82) is 0 Å². The molecule has 0 bridgehead atoms. The molecule has 0 radical (unpaired) electrons. The second-order valence-electron chi connectivity index (χ2n) is 8.02. The number of carbonyl (C=O) groups is 1. The highest BCUT2D eigenvalue weighted by molar-refractivity contribution is 6.32. The summed E-state index contributed by atoms with van der Waals surface area (Å²) in [5.74, 6) is 1.02. The average molecular weight is 429 g/mol. The number of urea groups is 1. The Morgan fingerprint density at radius 1 is 1.10 bits per heavy atom. The van der Waals surface area contributed by atoms with Crippen LogP contribution in [0.2, 0.25) is 5.02 Å². The van der Waals surface area contributed by atoms with Crippen molar-refractivity contribution in [2.45, 2.75) is 20.4 Å². The summed E-state index contributed by atoms with van der Waals surface area (Å²) in [6.07, 6.45) is 2.07. The Morgan fingerprint density at radius 3 is 2.47 bits per heavy atom. The molecule has 3 rings (SSSR count). The second-order valence-corrected chi connectivity index (χ2v) is 8.42. The molecule has 0 atom stereocenters.